The summed E-state index contributed by atoms with van der Waals surface area (Å²) in [6.07, 6.45) is 1.61. The van der Waals surface area contributed by atoms with Crippen LogP contribution in [0.15, 0.2) is 144 Å². The van der Waals surface area contributed by atoms with Crippen molar-refractivity contribution in [1.29, 1.82) is 0 Å². The maximum absolute atomic E-state index is 13.5. The largest absolute Gasteiger partial charge is 0.494 e. The number of nitrogens with one attached hydrogen (secondary N) is 3. The number of ether oxygens (including phenoxy) is 2. The number of rotatable bonds is 14. The minimum absolute atomic E-state index is 0.0755. The van der Waals surface area contributed by atoms with Crippen LogP contribution in [-0.4, -0.2) is 30.9 Å². The molecule has 1 atom stereocenters. The Hall–Kier alpha value is -5.80. The van der Waals surface area contributed by atoms with E-state index in [4.69, 9.17) is 9.47 Å². The van der Waals surface area contributed by atoms with Crippen LogP contribution in [0.25, 0.3) is 6.08 Å². The van der Waals surface area contributed by atoms with Crippen LogP contribution in [0.1, 0.15) is 40.6 Å². The van der Waals surface area contributed by atoms with E-state index in [1.807, 2.05) is 98.8 Å². The van der Waals surface area contributed by atoms with Crippen LogP contribution >= 0.6 is 11.8 Å². The highest BCUT2D eigenvalue weighted by Gasteiger charge is 2.23. The summed E-state index contributed by atoms with van der Waals surface area (Å²) in [4.78, 5) is 40.9. The number of carbonyl (C=O) groups is 3. The minimum atomic E-state index is -0.537. The first-order valence-corrected chi connectivity index (χ1v) is 16.8. The standard InChI is InChI=1S/C40H37N3O5S/c1-3-47-33-21-15-28(16-22-33)27-36(43-38(44)30-13-9-6-10-14-30)39(45)41-32-19-25-35(26-20-32)49-37(29-11-7-5-8-12-29)40(46)42-31-17-23-34(24-18-31)48-4-2/h5-27,37H,3-4H2,1-2H3,(H,41,45)(H,42,46)(H,43,44)/b36-27-. The van der Waals surface area contributed by atoms with Crippen molar-refractivity contribution in [2.45, 2.75) is 24.0 Å². The lowest BCUT2D eigenvalue weighted by atomic mass is 10.1. The lowest BCUT2D eigenvalue weighted by molar-refractivity contribution is -0.116. The third-order valence-electron chi connectivity index (χ3n) is 7.17. The third kappa shape index (κ3) is 10.1. The first-order chi connectivity index (χ1) is 23.9. The molecule has 3 amide bonds. The summed E-state index contributed by atoms with van der Waals surface area (Å²) in [5.41, 5.74) is 3.26. The molecule has 0 aliphatic carbocycles. The van der Waals surface area contributed by atoms with Gasteiger partial charge in [0, 0.05) is 21.8 Å². The van der Waals surface area contributed by atoms with Crippen molar-refractivity contribution in [3.05, 3.63) is 156 Å². The van der Waals surface area contributed by atoms with Crippen LogP contribution in [0.3, 0.4) is 0 Å². The SMILES string of the molecule is CCOc1ccc(/C=C(\NC(=O)c2ccccc2)C(=O)Nc2ccc(SC(C(=O)Nc3ccc(OCC)cc3)c3ccccc3)cc2)cc1. The Morgan fingerprint density at radius 3 is 1.78 bits per heavy atom. The van der Waals surface area contributed by atoms with E-state index < -0.39 is 17.1 Å². The smallest absolute Gasteiger partial charge is 0.272 e. The van der Waals surface area contributed by atoms with Crippen molar-refractivity contribution in [2.75, 3.05) is 23.8 Å². The first kappa shape index (κ1) is 34.5. The Morgan fingerprint density at radius 2 is 1.18 bits per heavy atom. The average molecular weight is 672 g/mol. The maximum Gasteiger partial charge on any atom is 0.272 e. The lowest BCUT2D eigenvalue weighted by Gasteiger charge is -2.18. The molecule has 1 unspecified atom stereocenters. The van der Waals surface area contributed by atoms with E-state index in [0.29, 0.717) is 41.5 Å². The van der Waals surface area contributed by atoms with Gasteiger partial charge in [0.15, 0.2) is 0 Å². The highest BCUT2D eigenvalue weighted by atomic mass is 32.2. The molecule has 0 aromatic heterocycles. The second-order valence-corrected chi connectivity index (χ2v) is 11.9. The molecule has 0 saturated carbocycles. The third-order valence-corrected chi connectivity index (χ3v) is 8.44. The molecule has 0 fully saturated rings. The predicted molar refractivity (Wildman–Crippen MR) is 196 cm³/mol. The number of hydrogen-bond acceptors (Lipinski definition) is 6. The minimum Gasteiger partial charge on any atom is -0.494 e. The van der Waals surface area contributed by atoms with Crippen LogP contribution in [0.2, 0.25) is 0 Å². The number of thioether (sulfide) groups is 1. The fourth-order valence-corrected chi connectivity index (χ4v) is 5.82. The van der Waals surface area contributed by atoms with Gasteiger partial charge in [-0.25, -0.2) is 0 Å². The zero-order chi connectivity index (χ0) is 34.4. The summed E-state index contributed by atoms with van der Waals surface area (Å²) in [7, 11) is 0. The quantitative estimate of drug-likeness (QED) is 0.0810. The summed E-state index contributed by atoms with van der Waals surface area (Å²) < 4.78 is 11.0. The van der Waals surface area contributed by atoms with Crippen molar-refractivity contribution in [3.63, 3.8) is 0 Å². The molecular formula is C40H37N3O5S. The van der Waals surface area contributed by atoms with Gasteiger partial charge >= 0.3 is 0 Å². The van der Waals surface area contributed by atoms with Crippen molar-refractivity contribution >= 4 is 46.9 Å². The summed E-state index contributed by atoms with van der Waals surface area (Å²) >= 11 is 1.40. The van der Waals surface area contributed by atoms with Gasteiger partial charge < -0.3 is 25.4 Å². The molecule has 0 heterocycles. The van der Waals surface area contributed by atoms with E-state index in [-0.39, 0.29) is 11.6 Å². The van der Waals surface area contributed by atoms with Gasteiger partial charge in [0.1, 0.15) is 22.4 Å². The Morgan fingerprint density at radius 1 is 0.653 bits per heavy atom. The number of benzene rings is 5. The molecule has 3 N–H and O–H groups in total. The Balaban J connectivity index is 1.31. The molecule has 0 aliphatic rings. The summed E-state index contributed by atoms with van der Waals surface area (Å²) in [6, 6.07) is 40.0. The maximum atomic E-state index is 13.5. The highest BCUT2D eigenvalue weighted by Crippen LogP contribution is 2.37. The highest BCUT2D eigenvalue weighted by molar-refractivity contribution is 8.00. The number of amides is 3. The fourth-order valence-electron chi connectivity index (χ4n) is 4.80. The fraction of sp³-hybridized carbons (Fsp3) is 0.125. The van der Waals surface area contributed by atoms with E-state index in [9.17, 15) is 14.4 Å². The average Bonchev–Trinajstić information content (AvgIpc) is 3.13. The van der Waals surface area contributed by atoms with Crippen molar-refractivity contribution in [2.24, 2.45) is 0 Å². The molecular weight excluding hydrogens is 635 g/mol. The summed E-state index contributed by atoms with van der Waals surface area (Å²) in [5, 5.41) is 8.13. The molecule has 0 aliphatic heterocycles. The zero-order valence-corrected chi connectivity index (χ0v) is 28.0. The van der Waals surface area contributed by atoms with Crippen LogP contribution in [0, 0.1) is 0 Å². The van der Waals surface area contributed by atoms with Gasteiger partial charge in [0.2, 0.25) is 5.91 Å². The molecule has 8 nitrogen and oxygen atoms in total. The molecule has 0 saturated heterocycles. The van der Waals surface area contributed by atoms with Gasteiger partial charge in [0.25, 0.3) is 11.8 Å². The van der Waals surface area contributed by atoms with Crippen LogP contribution in [0.5, 0.6) is 11.5 Å². The Kier molecular flexibility index (Phi) is 12.2. The van der Waals surface area contributed by atoms with E-state index in [1.54, 1.807) is 54.6 Å². The molecule has 9 heteroatoms. The summed E-state index contributed by atoms with van der Waals surface area (Å²) in [6.45, 7) is 4.93. The molecule has 5 aromatic carbocycles. The molecule has 248 valence electrons. The summed E-state index contributed by atoms with van der Waals surface area (Å²) in [5.74, 6) is 0.376. The predicted octanol–water partition coefficient (Wildman–Crippen LogP) is 8.37. The molecule has 49 heavy (non-hydrogen) atoms. The van der Waals surface area contributed by atoms with E-state index in [1.165, 1.54) is 11.8 Å². The molecule has 0 bridgehead atoms. The van der Waals surface area contributed by atoms with Crippen LogP contribution in [0.4, 0.5) is 11.4 Å². The normalized spacial score (nSPS) is 11.6. The number of anilines is 2. The molecule has 0 radical (unpaired) electrons. The lowest BCUT2D eigenvalue weighted by Crippen LogP contribution is -2.30. The van der Waals surface area contributed by atoms with Crippen molar-refractivity contribution in [3.8, 4) is 11.5 Å². The van der Waals surface area contributed by atoms with Crippen LogP contribution < -0.4 is 25.4 Å². The monoisotopic (exact) mass is 671 g/mol. The Bertz CT molecular complexity index is 1860. The number of carbonyl (C=O) groups excluding carboxylic acids is 3. The number of hydrogen-bond donors (Lipinski definition) is 3. The van der Waals surface area contributed by atoms with E-state index in [0.717, 1.165) is 16.2 Å². The van der Waals surface area contributed by atoms with E-state index in [2.05, 4.69) is 16.0 Å². The first-order valence-electron chi connectivity index (χ1n) is 15.9. The van der Waals surface area contributed by atoms with Gasteiger partial charge in [-0.05, 0) is 104 Å². The Labute approximate surface area is 290 Å². The van der Waals surface area contributed by atoms with Crippen LogP contribution in [-0.2, 0) is 9.59 Å². The van der Waals surface area contributed by atoms with Gasteiger partial charge in [0.05, 0.1) is 13.2 Å². The van der Waals surface area contributed by atoms with Gasteiger partial charge in [-0.1, -0.05) is 60.7 Å². The molecule has 0 spiro atoms. The molecule has 5 rings (SSSR count). The molecule has 5 aromatic rings. The van der Waals surface area contributed by atoms with Crippen molar-refractivity contribution in [1.82, 2.24) is 5.32 Å². The van der Waals surface area contributed by atoms with Gasteiger partial charge in [-0.15, -0.1) is 11.8 Å². The van der Waals surface area contributed by atoms with E-state index >= 15 is 0 Å². The second kappa shape index (κ2) is 17.4. The zero-order valence-electron chi connectivity index (χ0n) is 27.2. The van der Waals surface area contributed by atoms with Gasteiger partial charge in [-0.3, -0.25) is 14.4 Å². The van der Waals surface area contributed by atoms with Crippen molar-refractivity contribution < 1.29 is 23.9 Å². The van der Waals surface area contributed by atoms with Gasteiger partial charge in [-0.2, -0.15) is 0 Å². The topological polar surface area (TPSA) is 106 Å². The second-order valence-electron chi connectivity index (χ2n) is 10.7.